The molecule has 1 aromatic rings. The first-order valence-corrected chi connectivity index (χ1v) is 7.82. The van der Waals surface area contributed by atoms with Crippen LogP contribution in [0.15, 0.2) is 0 Å². The molecule has 104 valence electrons. The van der Waals surface area contributed by atoms with Gasteiger partial charge in [-0.25, -0.2) is 0 Å². The van der Waals surface area contributed by atoms with Crippen molar-refractivity contribution in [2.75, 3.05) is 26.2 Å². The van der Waals surface area contributed by atoms with Gasteiger partial charge in [0.2, 0.25) is 0 Å². The Morgan fingerprint density at radius 2 is 2.00 bits per heavy atom. The van der Waals surface area contributed by atoms with Crippen molar-refractivity contribution >= 4 is 11.5 Å². The summed E-state index contributed by atoms with van der Waals surface area (Å²) >= 11 is 1.53. The summed E-state index contributed by atoms with van der Waals surface area (Å²) in [6, 6.07) is 0. The third-order valence-electron chi connectivity index (χ3n) is 3.13. The quantitative estimate of drug-likeness (QED) is 0.662. The Morgan fingerprint density at radius 1 is 1.22 bits per heavy atom. The summed E-state index contributed by atoms with van der Waals surface area (Å²) in [5.74, 6) is 0. The first kappa shape index (κ1) is 15.5. The van der Waals surface area contributed by atoms with E-state index < -0.39 is 0 Å². The van der Waals surface area contributed by atoms with E-state index in [9.17, 15) is 0 Å². The second-order valence-electron chi connectivity index (χ2n) is 4.45. The summed E-state index contributed by atoms with van der Waals surface area (Å²) in [5, 5.41) is 7.67. The average molecular weight is 270 g/mol. The highest BCUT2D eigenvalue weighted by Crippen LogP contribution is 2.11. The molecule has 4 nitrogen and oxygen atoms in total. The number of hydrogen-bond donors (Lipinski definition) is 1. The van der Waals surface area contributed by atoms with Crippen LogP contribution >= 0.6 is 11.5 Å². The van der Waals surface area contributed by atoms with Crippen LogP contribution in [0.4, 0.5) is 0 Å². The summed E-state index contributed by atoms with van der Waals surface area (Å²) in [6.45, 7) is 12.1. The lowest BCUT2D eigenvalue weighted by Gasteiger charge is -2.17. The predicted octanol–water partition coefficient (Wildman–Crippen LogP) is 2.31. The fourth-order valence-corrected chi connectivity index (χ4v) is 2.61. The van der Waals surface area contributed by atoms with Crippen molar-refractivity contribution in [1.82, 2.24) is 19.8 Å². The molecule has 1 heterocycles. The Hall–Kier alpha value is -0.520. The van der Waals surface area contributed by atoms with E-state index in [1.54, 1.807) is 0 Å². The van der Waals surface area contributed by atoms with E-state index in [-0.39, 0.29) is 0 Å². The van der Waals surface area contributed by atoms with Gasteiger partial charge in [-0.3, -0.25) is 0 Å². The number of aromatic nitrogens is 2. The van der Waals surface area contributed by atoms with Gasteiger partial charge in [0.25, 0.3) is 0 Å². The number of aryl methyl sites for hydroxylation is 1. The van der Waals surface area contributed by atoms with Gasteiger partial charge in [-0.2, -0.15) is 0 Å². The second-order valence-corrected chi connectivity index (χ2v) is 5.29. The summed E-state index contributed by atoms with van der Waals surface area (Å²) in [6.07, 6.45) is 3.39. The molecule has 0 aliphatic rings. The molecule has 0 aromatic carbocycles. The molecule has 5 heteroatoms. The Morgan fingerprint density at radius 3 is 2.67 bits per heavy atom. The second kappa shape index (κ2) is 9.42. The third kappa shape index (κ3) is 5.42. The molecule has 0 bridgehead atoms. The molecule has 1 rings (SSSR count). The SMILES string of the molecule is CCCc1nnsc1CNCCCN(CC)CC. The molecule has 0 radical (unpaired) electrons. The van der Waals surface area contributed by atoms with Gasteiger partial charge in [0.15, 0.2) is 0 Å². The van der Waals surface area contributed by atoms with Crippen molar-refractivity contribution in [3.05, 3.63) is 10.6 Å². The average Bonchev–Trinajstić information content (AvgIpc) is 2.82. The highest BCUT2D eigenvalue weighted by molar-refractivity contribution is 7.05. The lowest BCUT2D eigenvalue weighted by molar-refractivity contribution is 0.298. The zero-order valence-corrected chi connectivity index (χ0v) is 12.7. The van der Waals surface area contributed by atoms with E-state index in [0.717, 1.165) is 39.0 Å². The van der Waals surface area contributed by atoms with Crippen molar-refractivity contribution in [2.24, 2.45) is 0 Å². The standard InChI is InChI=1S/C13H26N4S/c1-4-8-12-13(18-16-15-12)11-14-9-7-10-17(5-2)6-3/h14H,4-11H2,1-3H3. The molecule has 0 spiro atoms. The Balaban J connectivity index is 2.15. The van der Waals surface area contributed by atoms with Gasteiger partial charge in [0.1, 0.15) is 0 Å². The van der Waals surface area contributed by atoms with Crippen LogP contribution in [-0.4, -0.2) is 40.7 Å². The third-order valence-corrected chi connectivity index (χ3v) is 3.89. The topological polar surface area (TPSA) is 41.1 Å². The molecule has 0 aliphatic carbocycles. The summed E-state index contributed by atoms with van der Waals surface area (Å²) in [5.41, 5.74) is 1.18. The van der Waals surface area contributed by atoms with Crippen molar-refractivity contribution in [3.8, 4) is 0 Å². The molecule has 0 amide bonds. The molecule has 1 aromatic heterocycles. The van der Waals surface area contributed by atoms with Gasteiger partial charge in [-0.05, 0) is 50.6 Å². The molecule has 0 saturated heterocycles. The van der Waals surface area contributed by atoms with Gasteiger partial charge in [0, 0.05) is 6.54 Å². The largest absolute Gasteiger partial charge is 0.312 e. The highest BCUT2D eigenvalue weighted by Gasteiger charge is 2.06. The van der Waals surface area contributed by atoms with Gasteiger partial charge < -0.3 is 10.2 Å². The monoisotopic (exact) mass is 270 g/mol. The highest BCUT2D eigenvalue weighted by atomic mass is 32.1. The minimum absolute atomic E-state index is 0.922. The molecule has 1 N–H and O–H groups in total. The fraction of sp³-hybridized carbons (Fsp3) is 0.846. The lowest BCUT2D eigenvalue weighted by Crippen LogP contribution is -2.27. The van der Waals surface area contributed by atoms with Crippen molar-refractivity contribution in [3.63, 3.8) is 0 Å². The number of hydrogen-bond acceptors (Lipinski definition) is 5. The van der Waals surface area contributed by atoms with Crippen LogP contribution in [0.1, 0.15) is 44.2 Å². The predicted molar refractivity (Wildman–Crippen MR) is 78.0 cm³/mol. The van der Waals surface area contributed by atoms with Crippen LogP contribution in [0.25, 0.3) is 0 Å². The van der Waals surface area contributed by atoms with E-state index >= 15 is 0 Å². The first-order valence-electron chi connectivity index (χ1n) is 7.04. The normalized spacial score (nSPS) is 11.3. The first-order chi connectivity index (χ1) is 8.81. The summed E-state index contributed by atoms with van der Waals surface area (Å²) < 4.78 is 4.04. The zero-order valence-electron chi connectivity index (χ0n) is 11.9. The van der Waals surface area contributed by atoms with Gasteiger partial charge in [-0.1, -0.05) is 31.7 Å². The van der Waals surface area contributed by atoms with E-state index in [1.807, 2.05) is 0 Å². The van der Waals surface area contributed by atoms with Gasteiger partial charge >= 0.3 is 0 Å². The van der Waals surface area contributed by atoms with E-state index in [1.165, 1.54) is 35.1 Å². The van der Waals surface area contributed by atoms with Crippen LogP contribution in [0.2, 0.25) is 0 Å². The van der Waals surface area contributed by atoms with Crippen LogP contribution in [0.5, 0.6) is 0 Å². The Bertz CT molecular complexity index is 310. The van der Waals surface area contributed by atoms with Crippen LogP contribution in [0, 0.1) is 0 Å². The maximum atomic E-state index is 4.18. The maximum Gasteiger partial charge on any atom is 0.0800 e. The Labute approximate surface area is 115 Å². The number of nitrogens with zero attached hydrogens (tertiary/aromatic N) is 3. The Kier molecular flexibility index (Phi) is 8.13. The smallest absolute Gasteiger partial charge is 0.0800 e. The van der Waals surface area contributed by atoms with Crippen molar-refractivity contribution in [1.29, 1.82) is 0 Å². The molecule has 0 unspecified atom stereocenters. The lowest BCUT2D eigenvalue weighted by atomic mass is 10.2. The molecule has 0 saturated carbocycles. The molecule has 0 fully saturated rings. The molecule has 18 heavy (non-hydrogen) atoms. The molecular weight excluding hydrogens is 244 g/mol. The molecule has 0 aliphatic heterocycles. The summed E-state index contributed by atoms with van der Waals surface area (Å²) in [4.78, 5) is 3.76. The van der Waals surface area contributed by atoms with Crippen LogP contribution < -0.4 is 5.32 Å². The minimum atomic E-state index is 0.922. The number of nitrogens with one attached hydrogen (secondary N) is 1. The van der Waals surface area contributed by atoms with Crippen LogP contribution in [-0.2, 0) is 13.0 Å². The maximum absolute atomic E-state index is 4.18. The van der Waals surface area contributed by atoms with E-state index in [0.29, 0.717) is 0 Å². The van der Waals surface area contributed by atoms with Crippen molar-refractivity contribution < 1.29 is 0 Å². The molecular formula is C13H26N4S. The number of rotatable bonds is 10. The van der Waals surface area contributed by atoms with E-state index in [2.05, 4.69) is 40.6 Å². The van der Waals surface area contributed by atoms with Crippen molar-refractivity contribution in [2.45, 2.75) is 46.6 Å². The van der Waals surface area contributed by atoms with Gasteiger partial charge in [0.05, 0.1) is 10.6 Å². The molecule has 0 atom stereocenters. The minimum Gasteiger partial charge on any atom is -0.312 e. The van der Waals surface area contributed by atoms with Crippen LogP contribution in [0.3, 0.4) is 0 Å². The van der Waals surface area contributed by atoms with Gasteiger partial charge in [-0.15, -0.1) is 5.10 Å². The van der Waals surface area contributed by atoms with E-state index in [4.69, 9.17) is 0 Å². The fourth-order valence-electron chi connectivity index (χ4n) is 1.96. The zero-order chi connectivity index (χ0) is 13.2. The summed E-state index contributed by atoms with van der Waals surface area (Å²) in [7, 11) is 0.